The zero-order valence-corrected chi connectivity index (χ0v) is 30.5. The van der Waals surface area contributed by atoms with E-state index >= 15 is 0 Å². The quantitative estimate of drug-likeness (QED) is 0.228. The first-order chi connectivity index (χ1) is 22.0. The molecule has 260 valence electrons. The Kier molecular flexibility index (Phi) is 8.54. The fourth-order valence-corrected chi connectivity index (χ4v) is 12.6. The Bertz CT molecular complexity index is 1400. The zero-order chi connectivity index (χ0) is 34.1. The van der Waals surface area contributed by atoms with Crippen molar-refractivity contribution in [3.63, 3.8) is 0 Å². The number of carbonyl (C=O) groups excluding carboxylic acids is 1. The van der Waals surface area contributed by atoms with Gasteiger partial charge in [0.2, 0.25) is 0 Å². The van der Waals surface area contributed by atoms with Crippen molar-refractivity contribution in [2.24, 2.45) is 50.2 Å². The summed E-state index contributed by atoms with van der Waals surface area (Å²) in [5.41, 5.74) is 1.47. The number of hydrogen-bond donors (Lipinski definition) is 2. The molecule has 47 heavy (non-hydrogen) atoms. The van der Waals surface area contributed by atoms with E-state index in [4.69, 9.17) is 9.47 Å². The second-order valence-electron chi connectivity index (χ2n) is 18.4. The van der Waals surface area contributed by atoms with Gasteiger partial charge in [-0.05, 0) is 109 Å². The summed E-state index contributed by atoms with van der Waals surface area (Å²) in [5.74, 6) is 0.420. The predicted molar refractivity (Wildman–Crippen MR) is 186 cm³/mol. The third kappa shape index (κ3) is 5.12. The number of benzene rings is 1. The van der Waals surface area contributed by atoms with Crippen LogP contribution in [0.4, 0.5) is 4.79 Å². The average molecular weight is 648 g/mol. The van der Waals surface area contributed by atoms with Gasteiger partial charge in [-0.25, -0.2) is 4.79 Å². The Labute approximate surface area is 283 Å². The highest BCUT2D eigenvalue weighted by atomic mass is 16.6. The number of methoxy groups -OCH3 is 1. The number of fused-ring (bicyclic) bond motifs is 7. The number of hydrogen-bond acceptors (Lipinski definition) is 4. The van der Waals surface area contributed by atoms with Crippen LogP contribution >= 0.6 is 0 Å². The molecule has 6 rings (SSSR count). The van der Waals surface area contributed by atoms with Crippen LogP contribution in [0.15, 0.2) is 42.0 Å². The first-order valence-electron chi connectivity index (χ1n) is 18.4. The maximum Gasteiger partial charge on any atom is 0.407 e. The van der Waals surface area contributed by atoms with Crippen LogP contribution in [0.3, 0.4) is 0 Å². The summed E-state index contributed by atoms with van der Waals surface area (Å²) < 4.78 is 11.8. The number of carbonyl (C=O) groups is 2. The number of amides is 1. The minimum atomic E-state index is -0.636. The normalized spacial score (nSPS) is 41.6. The number of allylic oxidation sites excluding steroid dienone is 2. The SMILES string of the molecule is COCCNC(=O)O[C@@]1(Cc2ccccc2)CC[C@@]2(C)C(CC[C@]3(C)[C@@H]2CC=C2[C@H]4CC(C)(C)CC[C@]4(C(=O)O)CC[C@]23C)C1(C)C. The lowest BCUT2D eigenvalue weighted by Gasteiger charge is -2.72. The molecule has 5 aliphatic rings. The molecule has 6 heteroatoms. The van der Waals surface area contributed by atoms with E-state index in [1.54, 1.807) is 7.11 Å². The summed E-state index contributed by atoms with van der Waals surface area (Å²) in [6.07, 6.45) is 12.5. The van der Waals surface area contributed by atoms with Crippen LogP contribution < -0.4 is 5.32 Å². The molecule has 5 aliphatic carbocycles. The van der Waals surface area contributed by atoms with Gasteiger partial charge in [0, 0.05) is 25.5 Å². The Morgan fingerprint density at radius 1 is 0.894 bits per heavy atom. The van der Waals surface area contributed by atoms with Crippen LogP contribution in [0.1, 0.15) is 118 Å². The van der Waals surface area contributed by atoms with Crippen molar-refractivity contribution in [1.29, 1.82) is 0 Å². The van der Waals surface area contributed by atoms with Gasteiger partial charge in [0.05, 0.1) is 12.0 Å². The topological polar surface area (TPSA) is 84.9 Å². The highest BCUT2D eigenvalue weighted by molar-refractivity contribution is 5.76. The van der Waals surface area contributed by atoms with Gasteiger partial charge >= 0.3 is 12.1 Å². The molecular formula is C41H61NO5. The van der Waals surface area contributed by atoms with Crippen LogP contribution in [-0.4, -0.2) is 43.0 Å². The highest BCUT2D eigenvalue weighted by Crippen LogP contribution is 2.76. The van der Waals surface area contributed by atoms with Crippen molar-refractivity contribution in [2.45, 2.75) is 125 Å². The van der Waals surface area contributed by atoms with Crippen LogP contribution in [0, 0.1) is 50.2 Å². The molecule has 0 aromatic heterocycles. The maximum absolute atomic E-state index is 13.4. The van der Waals surface area contributed by atoms with Gasteiger partial charge in [-0.15, -0.1) is 0 Å². The molecule has 0 bridgehead atoms. The monoisotopic (exact) mass is 647 g/mol. The Hall–Kier alpha value is -2.34. The maximum atomic E-state index is 13.4. The van der Waals surface area contributed by atoms with Crippen LogP contribution in [0.5, 0.6) is 0 Å². The first kappa shape index (κ1) is 34.5. The molecule has 6 nitrogen and oxygen atoms in total. The van der Waals surface area contributed by atoms with E-state index in [1.807, 2.05) is 6.07 Å². The molecular weight excluding hydrogens is 586 g/mol. The standard InChI is InChI=1S/C41H61NO5/c1-35(2)18-21-40(33(43)44)22-20-38(6)29(30(40)27-35)14-15-32-37(5)19-23-41(26-28-12-10-9-11-13-28,47-34(45)42-24-25-46-8)36(3,4)31(37)16-17-39(32,38)7/h9-14,30-32H,15-27H2,1-8H3,(H,42,45)(H,43,44)/t30-,31?,32-,37+,38-,39-,40+,41-/m1/s1. The van der Waals surface area contributed by atoms with Crippen molar-refractivity contribution in [3.8, 4) is 0 Å². The predicted octanol–water partition coefficient (Wildman–Crippen LogP) is 9.23. The Morgan fingerprint density at radius 2 is 1.60 bits per heavy atom. The van der Waals surface area contributed by atoms with Crippen LogP contribution in [0.25, 0.3) is 0 Å². The molecule has 1 aromatic rings. The van der Waals surface area contributed by atoms with Crippen LogP contribution in [0.2, 0.25) is 0 Å². The van der Waals surface area contributed by atoms with Gasteiger partial charge in [-0.1, -0.05) is 90.4 Å². The zero-order valence-electron chi connectivity index (χ0n) is 30.5. The molecule has 1 amide bonds. The number of rotatable bonds is 7. The molecule has 4 saturated carbocycles. The van der Waals surface area contributed by atoms with Gasteiger partial charge in [0.25, 0.3) is 0 Å². The summed E-state index contributed by atoms with van der Waals surface area (Å²) in [4.78, 5) is 26.4. The van der Waals surface area contributed by atoms with Crippen molar-refractivity contribution >= 4 is 12.1 Å². The molecule has 0 heterocycles. The minimum Gasteiger partial charge on any atom is -0.481 e. The Balaban J connectivity index is 1.36. The second-order valence-corrected chi connectivity index (χ2v) is 18.4. The van der Waals surface area contributed by atoms with Crippen molar-refractivity contribution < 1.29 is 24.2 Å². The molecule has 2 N–H and O–H groups in total. The number of aliphatic carboxylic acids is 1. The molecule has 0 saturated heterocycles. The Morgan fingerprint density at radius 3 is 2.28 bits per heavy atom. The van der Waals surface area contributed by atoms with E-state index < -0.39 is 17.0 Å². The third-order valence-electron chi connectivity index (χ3n) is 15.6. The molecule has 0 radical (unpaired) electrons. The van der Waals surface area contributed by atoms with Gasteiger partial charge in [-0.3, -0.25) is 4.79 Å². The van der Waals surface area contributed by atoms with Crippen molar-refractivity contribution in [3.05, 3.63) is 47.5 Å². The molecule has 0 aliphatic heterocycles. The molecule has 4 fully saturated rings. The van der Waals surface area contributed by atoms with Crippen molar-refractivity contribution in [1.82, 2.24) is 5.32 Å². The smallest absolute Gasteiger partial charge is 0.407 e. The fourth-order valence-electron chi connectivity index (χ4n) is 12.6. The fraction of sp³-hybridized carbons (Fsp3) is 0.756. The van der Waals surface area contributed by atoms with E-state index in [9.17, 15) is 14.7 Å². The molecule has 0 spiro atoms. The van der Waals surface area contributed by atoms with Crippen molar-refractivity contribution in [2.75, 3.05) is 20.3 Å². The number of alkyl carbamates (subject to hydrolysis) is 1. The largest absolute Gasteiger partial charge is 0.481 e. The van der Waals surface area contributed by atoms with E-state index in [2.05, 4.69) is 84.1 Å². The lowest BCUT2D eigenvalue weighted by molar-refractivity contribution is -0.234. The minimum absolute atomic E-state index is 0.0125. The van der Waals surface area contributed by atoms with Gasteiger partial charge < -0.3 is 19.9 Å². The molecule has 8 atom stereocenters. The van der Waals surface area contributed by atoms with E-state index in [1.165, 1.54) is 11.1 Å². The number of ether oxygens (including phenoxy) is 2. The van der Waals surface area contributed by atoms with Gasteiger partial charge in [0.15, 0.2) is 0 Å². The lowest BCUT2D eigenvalue weighted by Crippen LogP contribution is -2.68. The third-order valence-corrected chi connectivity index (χ3v) is 15.6. The van der Waals surface area contributed by atoms with E-state index in [0.717, 1.165) is 64.2 Å². The molecule has 1 unspecified atom stereocenters. The first-order valence-corrected chi connectivity index (χ1v) is 18.4. The van der Waals surface area contributed by atoms with Crippen LogP contribution in [-0.2, 0) is 20.7 Å². The summed E-state index contributed by atoms with van der Waals surface area (Å²) in [6, 6.07) is 10.5. The summed E-state index contributed by atoms with van der Waals surface area (Å²) in [7, 11) is 1.64. The van der Waals surface area contributed by atoms with Gasteiger partial charge in [0.1, 0.15) is 5.60 Å². The molecule has 1 aromatic carbocycles. The highest BCUT2D eigenvalue weighted by Gasteiger charge is 2.71. The van der Waals surface area contributed by atoms with E-state index in [-0.39, 0.29) is 39.1 Å². The summed E-state index contributed by atoms with van der Waals surface area (Å²) >= 11 is 0. The number of carboxylic acids is 1. The number of carboxylic acid groups (broad SMARTS) is 1. The summed E-state index contributed by atoms with van der Waals surface area (Å²) in [5, 5.41) is 13.7. The number of nitrogens with one attached hydrogen (secondary N) is 1. The van der Waals surface area contributed by atoms with E-state index in [0.29, 0.717) is 31.4 Å². The van der Waals surface area contributed by atoms with Gasteiger partial charge in [-0.2, -0.15) is 0 Å². The lowest BCUT2D eigenvalue weighted by atomic mass is 9.32. The average Bonchev–Trinajstić information content (AvgIpc) is 3.00. The summed E-state index contributed by atoms with van der Waals surface area (Å²) in [6.45, 7) is 18.0. The second kappa shape index (κ2) is 11.6.